The van der Waals surface area contributed by atoms with Crippen LogP contribution in [0.4, 0.5) is 11.4 Å². The second-order valence-electron chi connectivity index (χ2n) is 3.86. The smallest absolute Gasteiger partial charge is 0.281 e. The summed E-state index contributed by atoms with van der Waals surface area (Å²) in [4.78, 5) is 20.4. The van der Waals surface area contributed by atoms with E-state index >= 15 is 0 Å². The van der Waals surface area contributed by atoms with Crippen molar-refractivity contribution in [3.05, 3.63) is 56.6 Å². The van der Waals surface area contributed by atoms with Gasteiger partial charge in [0.25, 0.3) is 11.4 Å². The lowest BCUT2D eigenvalue weighted by Gasteiger charge is -2.08. The summed E-state index contributed by atoms with van der Waals surface area (Å²) in [6.07, 6.45) is 0. The molecule has 0 saturated carbocycles. The second-order valence-corrected chi connectivity index (χ2v) is 3.86. The molecule has 0 spiro atoms. The second kappa shape index (κ2) is 4.84. The number of phenolic OH excluding ortho intramolecular Hbond substituents is 2. The van der Waals surface area contributed by atoms with Gasteiger partial charge >= 0.3 is 0 Å². The molecule has 0 radical (unpaired) electrons. The highest BCUT2D eigenvalue weighted by Gasteiger charge is 2.28. The Morgan fingerprint density at radius 1 is 0.750 bits per heavy atom. The molecule has 8 nitrogen and oxygen atoms in total. The monoisotopic (exact) mass is 276 g/mol. The zero-order valence-corrected chi connectivity index (χ0v) is 9.89. The van der Waals surface area contributed by atoms with Crippen LogP contribution in [0.5, 0.6) is 11.5 Å². The maximum atomic E-state index is 11.0. The van der Waals surface area contributed by atoms with Crippen LogP contribution in [0.2, 0.25) is 0 Å². The molecule has 0 aliphatic rings. The predicted octanol–water partition coefficient (Wildman–Crippen LogP) is 2.58. The first-order valence-electron chi connectivity index (χ1n) is 5.36. The molecule has 20 heavy (non-hydrogen) atoms. The third-order valence-electron chi connectivity index (χ3n) is 2.68. The fourth-order valence-electron chi connectivity index (χ4n) is 1.87. The molecule has 102 valence electrons. The lowest BCUT2D eigenvalue weighted by atomic mass is 9.99. The summed E-state index contributed by atoms with van der Waals surface area (Å²) in [7, 11) is 0. The average molecular weight is 276 g/mol. The van der Waals surface area contributed by atoms with Crippen molar-refractivity contribution in [3.63, 3.8) is 0 Å². The molecule has 2 aromatic rings. The van der Waals surface area contributed by atoms with Crippen molar-refractivity contribution in [2.45, 2.75) is 0 Å². The molecule has 0 saturated heterocycles. The van der Waals surface area contributed by atoms with Crippen molar-refractivity contribution in [2.75, 3.05) is 0 Å². The van der Waals surface area contributed by atoms with E-state index in [1.807, 2.05) is 0 Å². The van der Waals surface area contributed by atoms with Gasteiger partial charge in [0, 0.05) is 12.1 Å². The molecule has 2 rings (SSSR count). The molecule has 0 bridgehead atoms. The maximum Gasteiger partial charge on any atom is 0.281 e. The van der Waals surface area contributed by atoms with E-state index in [1.165, 1.54) is 12.1 Å². The van der Waals surface area contributed by atoms with Crippen molar-refractivity contribution in [3.8, 4) is 22.6 Å². The molecule has 0 aliphatic carbocycles. The zero-order valence-electron chi connectivity index (χ0n) is 9.89. The number of nitro groups is 2. The highest BCUT2D eigenvalue weighted by atomic mass is 16.6. The first-order valence-corrected chi connectivity index (χ1v) is 5.36. The number of phenols is 2. The Labute approximate surface area is 111 Å². The SMILES string of the molecule is O=[N+]([O-])c1cccc(O)c1-c1c(O)cccc1[N+](=O)[O-]. The van der Waals surface area contributed by atoms with E-state index in [1.54, 1.807) is 0 Å². The third-order valence-corrected chi connectivity index (χ3v) is 2.68. The van der Waals surface area contributed by atoms with E-state index in [0.29, 0.717) is 0 Å². The van der Waals surface area contributed by atoms with E-state index in [0.717, 1.165) is 24.3 Å². The predicted molar refractivity (Wildman–Crippen MR) is 68.5 cm³/mol. The van der Waals surface area contributed by atoms with E-state index in [2.05, 4.69) is 0 Å². The molecule has 2 aromatic carbocycles. The van der Waals surface area contributed by atoms with E-state index in [9.17, 15) is 30.4 Å². The van der Waals surface area contributed by atoms with E-state index in [4.69, 9.17) is 0 Å². The Hall–Kier alpha value is -3.16. The Morgan fingerprint density at radius 2 is 1.10 bits per heavy atom. The van der Waals surface area contributed by atoms with Crippen LogP contribution >= 0.6 is 0 Å². The maximum absolute atomic E-state index is 11.0. The van der Waals surface area contributed by atoms with Crippen LogP contribution in [0.1, 0.15) is 0 Å². The van der Waals surface area contributed by atoms with Crippen molar-refractivity contribution in [1.29, 1.82) is 0 Å². The summed E-state index contributed by atoms with van der Waals surface area (Å²) in [6, 6.07) is 6.96. The Morgan fingerprint density at radius 3 is 1.40 bits per heavy atom. The molecule has 0 aliphatic heterocycles. The number of nitrogens with zero attached hydrogens (tertiary/aromatic N) is 2. The van der Waals surface area contributed by atoms with E-state index in [-0.39, 0.29) is 11.1 Å². The fraction of sp³-hybridized carbons (Fsp3) is 0. The van der Waals surface area contributed by atoms with Crippen LogP contribution in [0.3, 0.4) is 0 Å². The van der Waals surface area contributed by atoms with Gasteiger partial charge < -0.3 is 10.2 Å². The van der Waals surface area contributed by atoms with Gasteiger partial charge in [-0.15, -0.1) is 0 Å². The summed E-state index contributed by atoms with van der Waals surface area (Å²) >= 11 is 0. The molecule has 0 atom stereocenters. The van der Waals surface area contributed by atoms with Crippen LogP contribution in [-0.4, -0.2) is 20.1 Å². The van der Waals surface area contributed by atoms with Crippen LogP contribution in [0.15, 0.2) is 36.4 Å². The summed E-state index contributed by atoms with van der Waals surface area (Å²) < 4.78 is 0. The summed E-state index contributed by atoms with van der Waals surface area (Å²) in [5, 5.41) is 41.5. The molecule has 0 fully saturated rings. The summed E-state index contributed by atoms with van der Waals surface area (Å²) in [5.74, 6) is -1.05. The Bertz CT molecular complexity index is 652. The molecular weight excluding hydrogens is 268 g/mol. The normalized spacial score (nSPS) is 10.2. The quantitative estimate of drug-likeness (QED) is 0.655. The van der Waals surface area contributed by atoms with Crippen molar-refractivity contribution in [2.24, 2.45) is 0 Å². The molecule has 0 heterocycles. The molecule has 0 unspecified atom stereocenters. The van der Waals surface area contributed by atoms with Gasteiger partial charge in [-0.25, -0.2) is 0 Å². The lowest BCUT2D eigenvalue weighted by Crippen LogP contribution is -1.96. The van der Waals surface area contributed by atoms with Gasteiger partial charge in [0.2, 0.25) is 0 Å². The summed E-state index contributed by atoms with van der Waals surface area (Å²) in [5.41, 5.74) is -1.84. The van der Waals surface area contributed by atoms with Crippen LogP contribution in [0.25, 0.3) is 11.1 Å². The van der Waals surface area contributed by atoms with Crippen LogP contribution in [0, 0.1) is 20.2 Å². The minimum absolute atomic E-state index is 0.387. The van der Waals surface area contributed by atoms with Crippen molar-refractivity contribution < 1.29 is 20.1 Å². The molecule has 0 amide bonds. The number of hydrogen-bond acceptors (Lipinski definition) is 6. The zero-order chi connectivity index (χ0) is 14.9. The number of aromatic hydroxyl groups is 2. The highest BCUT2D eigenvalue weighted by Crippen LogP contribution is 2.46. The first-order chi connectivity index (χ1) is 9.43. The van der Waals surface area contributed by atoms with Crippen molar-refractivity contribution >= 4 is 11.4 Å². The largest absolute Gasteiger partial charge is 0.507 e. The fourth-order valence-corrected chi connectivity index (χ4v) is 1.87. The van der Waals surface area contributed by atoms with Gasteiger partial charge in [0.05, 0.1) is 9.85 Å². The number of rotatable bonds is 3. The third kappa shape index (κ3) is 2.09. The highest BCUT2D eigenvalue weighted by molar-refractivity contribution is 5.88. The lowest BCUT2D eigenvalue weighted by molar-refractivity contribution is -0.386. The number of benzene rings is 2. The first kappa shape index (κ1) is 13.3. The van der Waals surface area contributed by atoms with Crippen LogP contribution < -0.4 is 0 Å². The molecule has 2 N–H and O–H groups in total. The topological polar surface area (TPSA) is 127 Å². The van der Waals surface area contributed by atoms with Gasteiger partial charge in [-0.3, -0.25) is 20.2 Å². The standard InChI is InChI=1S/C12H8N2O6/c15-9-5-1-3-7(13(17)18)11(9)12-8(14(19)20)4-2-6-10(12)16/h1-6,15-16H. The summed E-state index contributed by atoms with van der Waals surface area (Å²) in [6.45, 7) is 0. The van der Waals surface area contributed by atoms with Crippen molar-refractivity contribution in [1.82, 2.24) is 0 Å². The molecule has 0 aromatic heterocycles. The minimum atomic E-state index is -0.786. The minimum Gasteiger partial charge on any atom is -0.507 e. The van der Waals surface area contributed by atoms with Gasteiger partial charge in [0.15, 0.2) is 0 Å². The van der Waals surface area contributed by atoms with Gasteiger partial charge in [-0.1, -0.05) is 12.1 Å². The van der Waals surface area contributed by atoms with Gasteiger partial charge in [-0.2, -0.15) is 0 Å². The van der Waals surface area contributed by atoms with E-state index < -0.39 is 32.7 Å². The van der Waals surface area contributed by atoms with Gasteiger partial charge in [0.1, 0.15) is 22.6 Å². The Kier molecular flexibility index (Phi) is 3.21. The molecular formula is C12H8N2O6. The Balaban J connectivity index is 2.88. The molecule has 8 heteroatoms. The van der Waals surface area contributed by atoms with Crippen LogP contribution in [-0.2, 0) is 0 Å². The number of nitro benzene ring substituents is 2. The average Bonchev–Trinajstić information content (AvgIpc) is 2.38. The van der Waals surface area contributed by atoms with Gasteiger partial charge in [-0.05, 0) is 12.1 Å². The number of hydrogen-bond donors (Lipinski definition) is 2.